The van der Waals surface area contributed by atoms with Crippen molar-refractivity contribution in [2.75, 3.05) is 0 Å². The minimum Gasteiger partial charge on any atom is -0.481 e. The van der Waals surface area contributed by atoms with Gasteiger partial charge in [0.1, 0.15) is 0 Å². The Morgan fingerprint density at radius 2 is 1.89 bits per heavy atom. The Hall–Kier alpha value is -1.35. The van der Waals surface area contributed by atoms with Gasteiger partial charge in [0.25, 0.3) is 0 Å². The molecule has 1 rings (SSSR count). The van der Waals surface area contributed by atoms with Gasteiger partial charge in [-0.05, 0) is 36.3 Å². The number of carbonyl (C=O) groups is 1. The summed E-state index contributed by atoms with van der Waals surface area (Å²) in [5.74, 6) is -0.832. The highest BCUT2D eigenvalue weighted by molar-refractivity contribution is 5.66. The Bertz CT molecular complexity index is 383. The highest BCUT2D eigenvalue weighted by atomic mass is 16.4. The lowest BCUT2D eigenvalue weighted by molar-refractivity contribution is -0.138. The molecule has 2 N–H and O–H groups in total. The predicted octanol–water partition coefficient (Wildman–Crippen LogP) is 3.56. The van der Waals surface area contributed by atoms with Gasteiger partial charge in [0.2, 0.25) is 0 Å². The third-order valence-electron chi connectivity index (χ3n) is 3.33. The molecule has 0 saturated heterocycles. The van der Waals surface area contributed by atoms with Crippen LogP contribution in [-0.2, 0) is 11.2 Å². The second kappa shape index (κ2) is 7.95. The smallest absolute Gasteiger partial charge is 0.303 e. The van der Waals surface area contributed by atoms with Crippen LogP contribution in [0.15, 0.2) is 24.3 Å². The molecular weight excluding hydrogens is 240 g/mol. The Morgan fingerprint density at radius 1 is 1.26 bits per heavy atom. The molecule has 0 radical (unpaired) electrons. The molecule has 0 aliphatic rings. The number of aliphatic carboxylic acids is 1. The Morgan fingerprint density at radius 3 is 2.42 bits per heavy atom. The van der Waals surface area contributed by atoms with Gasteiger partial charge in [-0.3, -0.25) is 4.79 Å². The molecule has 0 fully saturated rings. The number of aliphatic hydroxyl groups is 1. The minimum atomic E-state index is -0.811. The van der Waals surface area contributed by atoms with Crippen molar-refractivity contribution in [1.82, 2.24) is 0 Å². The van der Waals surface area contributed by atoms with Crippen LogP contribution in [0.5, 0.6) is 0 Å². The van der Waals surface area contributed by atoms with Crippen LogP contribution in [0.25, 0.3) is 0 Å². The van der Waals surface area contributed by atoms with E-state index in [1.54, 1.807) is 0 Å². The normalized spacial score (nSPS) is 14.1. The van der Waals surface area contributed by atoms with Crippen molar-refractivity contribution >= 4 is 5.97 Å². The summed E-state index contributed by atoms with van der Waals surface area (Å²) in [4.78, 5) is 10.6. The number of rotatable bonds is 8. The summed E-state index contributed by atoms with van der Waals surface area (Å²) in [5, 5.41) is 18.8. The summed E-state index contributed by atoms with van der Waals surface area (Å²) >= 11 is 0. The monoisotopic (exact) mass is 264 g/mol. The van der Waals surface area contributed by atoms with Crippen LogP contribution in [0.4, 0.5) is 0 Å². The van der Waals surface area contributed by atoms with E-state index in [0.717, 1.165) is 12.0 Å². The zero-order chi connectivity index (χ0) is 14.3. The van der Waals surface area contributed by atoms with Crippen LogP contribution in [0.3, 0.4) is 0 Å². The van der Waals surface area contributed by atoms with Gasteiger partial charge in [0.05, 0.1) is 6.10 Å². The van der Waals surface area contributed by atoms with Gasteiger partial charge >= 0.3 is 5.97 Å². The summed E-state index contributed by atoms with van der Waals surface area (Å²) in [7, 11) is 0. The molecule has 0 aromatic heterocycles. The van der Waals surface area contributed by atoms with E-state index in [-0.39, 0.29) is 12.3 Å². The fraction of sp³-hybridized carbons (Fsp3) is 0.562. The Kier molecular flexibility index (Phi) is 6.57. The molecule has 0 aliphatic heterocycles. The lowest BCUT2D eigenvalue weighted by Gasteiger charge is -2.15. The van der Waals surface area contributed by atoms with Crippen LogP contribution in [0.2, 0.25) is 0 Å². The molecule has 3 heteroatoms. The lowest BCUT2D eigenvalue weighted by Crippen LogP contribution is -2.09. The molecule has 0 amide bonds. The van der Waals surface area contributed by atoms with Crippen molar-refractivity contribution in [3.63, 3.8) is 0 Å². The zero-order valence-electron chi connectivity index (χ0n) is 11.8. The van der Waals surface area contributed by atoms with Crippen molar-refractivity contribution in [1.29, 1.82) is 0 Å². The van der Waals surface area contributed by atoms with E-state index < -0.39 is 12.1 Å². The number of hydrogen-bond acceptors (Lipinski definition) is 2. The Labute approximate surface area is 115 Å². The SMILES string of the molecule is CCCCc1ccc(C(O)CC(C)CC(=O)O)cc1. The number of aliphatic hydroxyl groups excluding tert-OH is 1. The summed E-state index contributed by atoms with van der Waals surface area (Å²) in [6.45, 7) is 4.02. The molecule has 3 nitrogen and oxygen atoms in total. The van der Waals surface area contributed by atoms with E-state index in [9.17, 15) is 9.90 Å². The van der Waals surface area contributed by atoms with Crippen molar-refractivity contribution in [3.8, 4) is 0 Å². The molecule has 0 saturated carbocycles. The first-order valence-corrected chi connectivity index (χ1v) is 7.01. The van der Waals surface area contributed by atoms with Gasteiger partial charge < -0.3 is 10.2 Å². The van der Waals surface area contributed by atoms with Crippen molar-refractivity contribution in [2.24, 2.45) is 5.92 Å². The summed E-state index contributed by atoms with van der Waals surface area (Å²) in [5.41, 5.74) is 2.16. The topological polar surface area (TPSA) is 57.5 Å². The molecule has 1 aromatic carbocycles. The molecule has 2 unspecified atom stereocenters. The van der Waals surface area contributed by atoms with Gasteiger partial charge in [-0.15, -0.1) is 0 Å². The molecule has 2 atom stereocenters. The van der Waals surface area contributed by atoms with Crippen LogP contribution in [-0.4, -0.2) is 16.2 Å². The molecule has 19 heavy (non-hydrogen) atoms. The molecule has 1 aromatic rings. The predicted molar refractivity (Wildman–Crippen MR) is 76.0 cm³/mol. The minimum absolute atomic E-state index is 0.0210. The van der Waals surface area contributed by atoms with Crippen LogP contribution in [0, 0.1) is 5.92 Å². The molecule has 106 valence electrons. The lowest BCUT2D eigenvalue weighted by atomic mass is 9.95. The molecule has 0 bridgehead atoms. The van der Waals surface area contributed by atoms with E-state index in [1.165, 1.54) is 18.4 Å². The maximum absolute atomic E-state index is 10.6. The van der Waals surface area contributed by atoms with Crippen molar-refractivity contribution in [3.05, 3.63) is 35.4 Å². The third kappa shape index (κ3) is 5.88. The first-order chi connectivity index (χ1) is 9.02. The summed E-state index contributed by atoms with van der Waals surface area (Å²) in [6.07, 6.45) is 3.44. The first kappa shape index (κ1) is 15.7. The quantitative estimate of drug-likeness (QED) is 0.754. The van der Waals surface area contributed by atoms with E-state index in [2.05, 4.69) is 19.1 Å². The number of carboxylic acid groups (broad SMARTS) is 1. The molecule has 0 spiro atoms. The molecular formula is C16H24O3. The van der Waals surface area contributed by atoms with Gasteiger partial charge in [0, 0.05) is 6.42 Å². The largest absolute Gasteiger partial charge is 0.481 e. The van der Waals surface area contributed by atoms with Crippen LogP contribution in [0.1, 0.15) is 56.8 Å². The number of carboxylic acids is 1. The zero-order valence-corrected chi connectivity index (χ0v) is 11.8. The van der Waals surface area contributed by atoms with Crippen LogP contribution < -0.4 is 0 Å². The van der Waals surface area contributed by atoms with Crippen molar-refractivity contribution in [2.45, 2.75) is 52.1 Å². The standard InChI is InChI=1S/C16H24O3/c1-3-4-5-13-6-8-14(9-7-13)15(17)10-12(2)11-16(18)19/h6-9,12,15,17H,3-5,10-11H2,1-2H3,(H,18,19). The maximum Gasteiger partial charge on any atom is 0.303 e. The average Bonchev–Trinajstić information content (AvgIpc) is 2.35. The van der Waals surface area contributed by atoms with E-state index >= 15 is 0 Å². The molecule has 0 heterocycles. The van der Waals surface area contributed by atoms with E-state index in [1.807, 2.05) is 19.1 Å². The van der Waals surface area contributed by atoms with E-state index in [4.69, 9.17) is 5.11 Å². The molecule has 0 aliphatic carbocycles. The fourth-order valence-corrected chi connectivity index (χ4v) is 2.19. The van der Waals surface area contributed by atoms with Crippen LogP contribution >= 0.6 is 0 Å². The van der Waals surface area contributed by atoms with Gasteiger partial charge in [-0.2, -0.15) is 0 Å². The number of hydrogen-bond donors (Lipinski definition) is 2. The highest BCUT2D eigenvalue weighted by Crippen LogP contribution is 2.23. The highest BCUT2D eigenvalue weighted by Gasteiger charge is 2.14. The third-order valence-corrected chi connectivity index (χ3v) is 3.33. The van der Waals surface area contributed by atoms with Gasteiger partial charge in [-0.25, -0.2) is 0 Å². The summed E-state index contributed by atoms with van der Waals surface area (Å²) < 4.78 is 0. The number of unbranched alkanes of at least 4 members (excludes halogenated alkanes) is 1. The first-order valence-electron chi connectivity index (χ1n) is 7.01. The summed E-state index contributed by atoms with van der Waals surface area (Å²) in [6, 6.07) is 8.00. The van der Waals surface area contributed by atoms with Gasteiger partial charge in [-0.1, -0.05) is 44.5 Å². The maximum atomic E-state index is 10.6. The second-order valence-electron chi connectivity index (χ2n) is 5.30. The fourth-order valence-electron chi connectivity index (χ4n) is 2.19. The van der Waals surface area contributed by atoms with E-state index in [0.29, 0.717) is 6.42 Å². The Balaban J connectivity index is 2.52. The average molecular weight is 264 g/mol. The number of aryl methyl sites for hydroxylation is 1. The second-order valence-corrected chi connectivity index (χ2v) is 5.30. The number of benzene rings is 1. The van der Waals surface area contributed by atoms with Gasteiger partial charge in [0.15, 0.2) is 0 Å². The van der Waals surface area contributed by atoms with Crippen molar-refractivity contribution < 1.29 is 15.0 Å².